The average molecular weight is 423 g/mol. The molecule has 2 unspecified atom stereocenters. The van der Waals surface area contributed by atoms with Crippen LogP contribution in [0.2, 0.25) is 0 Å². The van der Waals surface area contributed by atoms with Crippen LogP contribution in [0, 0.1) is 5.82 Å². The van der Waals surface area contributed by atoms with E-state index in [1.807, 2.05) is 35.0 Å². The Balaban J connectivity index is 1.39. The normalized spacial score (nSPS) is 20.8. The highest BCUT2D eigenvalue weighted by Gasteiger charge is 2.32. The van der Waals surface area contributed by atoms with E-state index in [4.69, 9.17) is 4.74 Å². The predicted molar refractivity (Wildman–Crippen MR) is 115 cm³/mol. The lowest BCUT2D eigenvalue weighted by Gasteiger charge is -2.40. The largest absolute Gasteiger partial charge is 0.376 e. The van der Waals surface area contributed by atoms with Crippen LogP contribution in [0.3, 0.4) is 0 Å². The SMILES string of the molecule is Fc1ccccc1N1CCN(C(c2ccccc2)c2nnnn2CC2CCCO2)CC1. The highest BCUT2D eigenvalue weighted by atomic mass is 19.1. The average Bonchev–Trinajstić information content (AvgIpc) is 3.49. The number of aromatic nitrogens is 4. The summed E-state index contributed by atoms with van der Waals surface area (Å²) in [4.78, 5) is 4.51. The van der Waals surface area contributed by atoms with Gasteiger partial charge in [0, 0.05) is 32.8 Å². The van der Waals surface area contributed by atoms with Crippen LogP contribution >= 0.6 is 0 Å². The van der Waals surface area contributed by atoms with Crippen molar-refractivity contribution in [2.75, 3.05) is 37.7 Å². The molecule has 0 saturated carbocycles. The van der Waals surface area contributed by atoms with Gasteiger partial charge in [0.25, 0.3) is 0 Å². The standard InChI is InChI=1S/C23H27FN6O/c24-20-10-4-5-11-21(20)28-12-14-29(15-13-28)22(18-7-2-1-3-8-18)23-25-26-27-30(23)17-19-9-6-16-31-19/h1-5,7-8,10-11,19,22H,6,9,12-17H2. The first-order chi connectivity index (χ1) is 15.3. The first-order valence-corrected chi connectivity index (χ1v) is 11.0. The molecule has 8 heteroatoms. The van der Waals surface area contributed by atoms with Crippen molar-refractivity contribution in [1.29, 1.82) is 0 Å². The lowest BCUT2D eigenvalue weighted by Crippen LogP contribution is -2.48. The number of benzene rings is 2. The molecule has 0 amide bonds. The lowest BCUT2D eigenvalue weighted by atomic mass is 10.0. The Morgan fingerprint density at radius 1 is 1.00 bits per heavy atom. The Hall–Kier alpha value is -2.84. The monoisotopic (exact) mass is 422 g/mol. The molecule has 2 aromatic carbocycles. The Bertz CT molecular complexity index is 982. The Kier molecular flexibility index (Phi) is 5.90. The minimum atomic E-state index is -0.170. The lowest BCUT2D eigenvalue weighted by molar-refractivity contribution is 0.0906. The summed E-state index contributed by atoms with van der Waals surface area (Å²) >= 11 is 0. The molecule has 0 radical (unpaired) electrons. The molecule has 0 N–H and O–H groups in total. The van der Waals surface area contributed by atoms with Gasteiger partial charge in [-0.25, -0.2) is 9.07 Å². The molecule has 0 aliphatic carbocycles. The van der Waals surface area contributed by atoms with Gasteiger partial charge in [-0.3, -0.25) is 4.90 Å². The number of hydrogen-bond acceptors (Lipinski definition) is 6. The van der Waals surface area contributed by atoms with E-state index in [9.17, 15) is 4.39 Å². The van der Waals surface area contributed by atoms with E-state index in [2.05, 4.69) is 37.5 Å². The number of tetrazole rings is 1. The summed E-state index contributed by atoms with van der Waals surface area (Å²) < 4.78 is 22.0. The van der Waals surface area contributed by atoms with Gasteiger partial charge in [-0.15, -0.1) is 5.10 Å². The molecule has 0 bridgehead atoms. The van der Waals surface area contributed by atoms with Crippen molar-refractivity contribution in [2.24, 2.45) is 0 Å². The van der Waals surface area contributed by atoms with Crippen LogP contribution in [0.4, 0.5) is 10.1 Å². The van der Waals surface area contributed by atoms with Gasteiger partial charge in [0.15, 0.2) is 5.82 Å². The zero-order valence-corrected chi connectivity index (χ0v) is 17.5. The zero-order chi connectivity index (χ0) is 21.0. The fraction of sp³-hybridized carbons (Fsp3) is 0.435. The van der Waals surface area contributed by atoms with Crippen molar-refractivity contribution in [1.82, 2.24) is 25.1 Å². The number of piperazine rings is 1. The second-order valence-electron chi connectivity index (χ2n) is 8.14. The Morgan fingerprint density at radius 2 is 1.77 bits per heavy atom. The third-order valence-electron chi connectivity index (χ3n) is 6.19. The summed E-state index contributed by atoms with van der Waals surface area (Å²) in [5, 5.41) is 12.7. The fourth-order valence-electron chi connectivity index (χ4n) is 4.61. The number of rotatable bonds is 6. The van der Waals surface area contributed by atoms with Gasteiger partial charge in [-0.2, -0.15) is 0 Å². The number of halogens is 1. The van der Waals surface area contributed by atoms with Crippen LogP contribution in [0.5, 0.6) is 0 Å². The van der Waals surface area contributed by atoms with Crippen LogP contribution in [0.1, 0.15) is 30.3 Å². The molecule has 2 saturated heterocycles. The van der Waals surface area contributed by atoms with Crippen molar-refractivity contribution in [3.8, 4) is 0 Å². The first kappa shape index (κ1) is 20.1. The summed E-state index contributed by atoms with van der Waals surface area (Å²) in [6.07, 6.45) is 2.29. The fourth-order valence-corrected chi connectivity index (χ4v) is 4.61. The van der Waals surface area contributed by atoms with Gasteiger partial charge in [0.2, 0.25) is 0 Å². The highest BCUT2D eigenvalue weighted by Crippen LogP contribution is 2.30. The molecular formula is C23H27FN6O. The zero-order valence-electron chi connectivity index (χ0n) is 17.5. The number of ether oxygens (including phenoxy) is 1. The first-order valence-electron chi connectivity index (χ1n) is 11.0. The molecular weight excluding hydrogens is 395 g/mol. The number of hydrogen-bond donors (Lipinski definition) is 0. The Morgan fingerprint density at radius 3 is 2.52 bits per heavy atom. The molecule has 2 aliphatic heterocycles. The maximum Gasteiger partial charge on any atom is 0.173 e. The van der Waals surface area contributed by atoms with Gasteiger partial charge < -0.3 is 9.64 Å². The van der Waals surface area contributed by atoms with Crippen molar-refractivity contribution < 1.29 is 9.13 Å². The molecule has 2 fully saturated rings. The summed E-state index contributed by atoms with van der Waals surface area (Å²) in [7, 11) is 0. The van der Waals surface area contributed by atoms with Crippen LogP contribution in [-0.4, -0.2) is 64.0 Å². The van der Waals surface area contributed by atoms with Gasteiger partial charge in [0.1, 0.15) is 5.82 Å². The molecule has 1 aromatic heterocycles. The number of anilines is 1. The van der Waals surface area contributed by atoms with E-state index in [1.165, 1.54) is 6.07 Å². The van der Waals surface area contributed by atoms with E-state index >= 15 is 0 Å². The van der Waals surface area contributed by atoms with Crippen molar-refractivity contribution in [2.45, 2.75) is 31.5 Å². The van der Waals surface area contributed by atoms with Crippen LogP contribution in [0.25, 0.3) is 0 Å². The summed E-state index contributed by atoms with van der Waals surface area (Å²) in [5.74, 6) is 0.664. The van der Waals surface area contributed by atoms with E-state index in [0.717, 1.165) is 57.0 Å². The van der Waals surface area contributed by atoms with Crippen molar-refractivity contribution in [3.63, 3.8) is 0 Å². The van der Waals surface area contributed by atoms with E-state index in [1.54, 1.807) is 6.07 Å². The molecule has 162 valence electrons. The van der Waals surface area contributed by atoms with Gasteiger partial charge in [-0.05, 0) is 41.0 Å². The van der Waals surface area contributed by atoms with Gasteiger partial charge in [-0.1, -0.05) is 42.5 Å². The second kappa shape index (κ2) is 9.11. The number of nitrogens with zero attached hydrogens (tertiary/aromatic N) is 6. The van der Waals surface area contributed by atoms with Crippen LogP contribution < -0.4 is 4.90 Å². The van der Waals surface area contributed by atoms with E-state index < -0.39 is 0 Å². The number of para-hydroxylation sites is 1. The van der Waals surface area contributed by atoms with Crippen molar-refractivity contribution in [3.05, 3.63) is 71.8 Å². The van der Waals surface area contributed by atoms with Gasteiger partial charge >= 0.3 is 0 Å². The molecule has 5 rings (SSSR count). The molecule has 2 aliphatic rings. The molecule has 7 nitrogen and oxygen atoms in total. The third kappa shape index (κ3) is 4.31. The molecule has 31 heavy (non-hydrogen) atoms. The molecule has 2 atom stereocenters. The summed E-state index contributed by atoms with van der Waals surface area (Å²) in [6.45, 7) is 4.56. The quantitative estimate of drug-likeness (QED) is 0.609. The third-order valence-corrected chi connectivity index (χ3v) is 6.19. The van der Waals surface area contributed by atoms with Gasteiger partial charge in [0.05, 0.1) is 24.4 Å². The minimum absolute atomic E-state index is 0.0552. The van der Waals surface area contributed by atoms with Crippen LogP contribution in [-0.2, 0) is 11.3 Å². The topological polar surface area (TPSA) is 59.3 Å². The molecule has 3 heterocycles. The smallest absolute Gasteiger partial charge is 0.173 e. The predicted octanol–water partition coefficient (Wildman–Crippen LogP) is 2.90. The minimum Gasteiger partial charge on any atom is -0.376 e. The highest BCUT2D eigenvalue weighted by molar-refractivity contribution is 5.48. The summed E-state index contributed by atoms with van der Waals surface area (Å²) in [6, 6.07) is 17.3. The molecule has 0 spiro atoms. The van der Waals surface area contributed by atoms with Crippen molar-refractivity contribution >= 4 is 5.69 Å². The van der Waals surface area contributed by atoms with E-state index in [0.29, 0.717) is 12.2 Å². The maximum absolute atomic E-state index is 14.3. The second-order valence-corrected chi connectivity index (χ2v) is 8.14. The summed E-state index contributed by atoms with van der Waals surface area (Å²) in [5.41, 5.74) is 1.83. The van der Waals surface area contributed by atoms with Crippen LogP contribution in [0.15, 0.2) is 54.6 Å². The Labute approximate surface area is 181 Å². The maximum atomic E-state index is 14.3. The van der Waals surface area contributed by atoms with E-state index in [-0.39, 0.29) is 18.0 Å². The molecule has 3 aromatic rings.